The number of ether oxygens (including phenoxy) is 1. The number of benzene rings is 1. The predicted molar refractivity (Wildman–Crippen MR) is 114 cm³/mol. The highest BCUT2D eigenvalue weighted by atomic mass is 32.2. The Kier molecular flexibility index (Phi) is 5.65. The Hall–Kier alpha value is -2.32. The predicted octanol–water partition coefficient (Wildman–Crippen LogP) is 4.69. The molecule has 154 valence electrons. The Morgan fingerprint density at radius 2 is 2.14 bits per heavy atom. The average molecular weight is 419 g/mol. The van der Waals surface area contributed by atoms with Crippen LogP contribution in [0.15, 0.2) is 41.8 Å². The summed E-state index contributed by atoms with van der Waals surface area (Å²) in [6, 6.07) is 9.44. The maximum Gasteiger partial charge on any atom is 0.249 e. The van der Waals surface area contributed by atoms with E-state index >= 15 is 0 Å². The molecule has 0 aliphatic carbocycles. The van der Waals surface area contributed by atoms with E-state index in [1.54, 1.807) is 0 Å². The quantitative estimate of drug-likeness (QED) is 0.690. The molecule has 0 unspecified atom stereocenters. The van der Waals surface area contributed by atoms with Crippen molar-refractivity contribution in [2.45, 2.75) is 36.5 Å². The fourth-order valence-electron chi connectivity index (χ4n) is 3.69. The summed E-state index contributed by atoms with van der Waals surface area (Å²) < 4.78 is 34.5. The molecule has 1 aromatic heterocycles. The molecule has 3 heterocycles. The van der Waals surface area contributed by atoms with Gasteiger partial charge >= 0.3 is 0 Å². The number of aromatic nitrogens is 1. The molecule has 0 amide bonds. The maximum absolute atomic E-state index is 14.4. The second kappa shape index (κ2) is 8.20. The van der Waals surface area contributed by atoms with Crippen molar-refractivity contribution in [1.29, 1.82) is 0 Å². The van der Waals surface area contributed by atoms with E-state index < -0.39 is 5.92 Å². The van der Waals surface area contributed by atoms with Gasteiger partial charge in [0.25, 0.3) is 0 Å². The van der Waals surface area contributed by atoms with Crippen LogP contribution in [0.4, 0.5) is 20.3 Å². The minimum Gasteiger partial charge on any atom is -0.491 e. The standard InChI is InChI=1S/C21H24F2N4OS/c1-14-17-13-19-18(6-11-28-19)26-20(17)25-9-3-7-21(22,23)8-10-27(14)15-4-2-5-16(12-15)29-24/h2,4-5,12-13H,1,3,6-11,24H2,(H,25,26). The van der Waals surface area contributed by atoms with E-state index in [0.29, 0.717) is 31.1 Å². The normalized spacial score (nSPS) is 18.9. The summed E-state index contributed by atoms with van der Waals surface area (Å²) in [5.41, 5.74) is 3.03. The lowest BCUT2D eigenvalue weighted by Crippen LogP contribution is -2.28. The number of hydrogen-bond acceptors (Lipinski definition) is 6. The highest BCUT2D eigenvalue weighted by Gasteiger charge is 2.31. The summed E-state index contributed by atoms with van der Waals surface area (Å²) in [5, 5.41) is 8.95. The number of pyridine rings is 1. The molecule has 8 heteroatoms. The van der Waals surface area contributed by atoms with E-state index in [4.69, 9.17) is 14.9 Å². The van der Waals surface area contributed by atoms with Gasteiger partial charge in [0, 0.05) is 54.2 Å². The molecule has 0 atom stereocenters. The van der Waals surface area contributed by atoms with Crippen molar-refractivity contribution in [1.82, 2.24) is 4.98 Å². The van der Waals surface area contributed by atoms with Crippen LogP contribution in [-0.2, 0) is 6.42 Å². The lowest BCUT2D eigenvalue weighted by Gasteiger charge is -2.29. The van der Waals surface area contributed by atoms with E-state index in [1.165, 1.54) is 0 Å². The number of hydrogen-bond donors (Lipinski definition) is 2. The second-order valence-corrected chi connectivity index (χ2v) is 7.98. The summed E-state index contributed by atoms with van der Waals surface area (Å²) in [6.45, 7) is 5.43. The third-order valence-electron chi connectivity index (χ3n) is 5.27. The molecule has 5 nitrogen and oxygen atoms in total. The Morgan fingerprint density at radius 1 is 1.28 bits per heavy atom. The number of nitrogens with zero attached hydrogens (tertiary/aromatic N) is 2. The zero-order valence-electron chi connectivity index (χ0n) is 16.1. The van der Waals surface area contributed by atoms with Gasteiger partial charge in [0.05, 0.1) is 12.3 Å². The second-order valence-electron chi connectivity index (χ2n) is 7.28. The molecule has 3 N–H and O–H groups in total. The van der Waals surface area contributed by atoms with Crippen LogP contribution in [0.2, 0.25) is 0 Å². The number of halogens is 2. The molecule has 29 heavy (non-hydrogen) atoms. The summed E-state index contributed by atoms with van der Waals surface area (Å²) in [7, 11) is 0. The van der Waals surface area contributed by atoms with E-state index in [1.807, 2.05) is 35.2 Å². The van der Waals surface area contributed by atoms with Gasteiger partial charge in [-0.1, -0.05) is 12.6 Å². The van der Waals surface area contributed by atoms with Crippen LogP contribution in [-0.4, -0.2) is 30.6 Å². The highest BCUT2D eigenvalue weighted by molar-refractivity contribution is 7.97. The minimum absolute atomic E-state index is 0.141. The number of fused-ring (bicyclic) bond motifs is 2. The first-order valence-electron chi connectivity index (χ1n) is 9.69. The van der Waals surface area contributed by atoms with Crippen LogP contribution in [0.3, 0.4) is 0 Å². The maximum atomic E-state index is 14.4. The van der Waals surface area contributed by atoms with Gasteiger partial charge in [-0.05, 0) is 42.6 Å². The first-order valence-corrected chi connectivity index (χ1v) is 10.6. The monoisotopic (exact) mass is 418 g/mol. The van der Waals surface area contributed by atoms with Crippen LogP contribution in [0, 0.1) is 0 Å². The molecule has 2 aliphatic rings. The van der Waals surface area contributed by atoms with Crippen molar-refractivity contribution in [3.05, 3.63) is 48.2 Å². The first kappa shape index (κ1) is 20.0. The Bertz CT molecular complexity index is 922. The van der Waals surface area contributed by atoms with E-state index in [0.717, 1.165) is 46.0 Å². The van der Waals surface area contributed by atoms with Crippen molar-refractivity contribution >= 4 is 29.2 Å². The van der Waals surface area contributed by atoms with E-state index in [-0.39, 0.29) is 19.4 Å². The summed E-state index contributed by atoms with van der Waals surface area (Å²) in [4.78, 5) is 7.39. The number of nitrogens with two attached hydrogens (primary N) is 1. The van der Waals surface area contributed by atoms with Crippen molar-refractivity contribution in [2.24, 2.45) is 5.14 Å². The zero-order chi connectivity index (χ0) is 20.4. The number of nitrogens with one attached hydrogen (secondary N) is 1. The van der Waals surface area contributed by atoms with Crippen molar-refractivity contribution in [3.8, 4) is 5.75 Å². The van der Waals surface area contributed by atoms with Gasteiger partial charge in [0.1, 0.15) is 11.6 Å². The molecule has 1 aromatic carbocycles. The summed E-state index contributed by atoms with van der Waals surface area (Å²) in [6.07, 6.45) is 0.695. The van der Waals surface area contributed by atoms with Crippen LogP contribution < -0.4 is 20.1 Å². The fourth-order valence-corrected chi connectivity index (χ4v) is 4.04. The Balaban J connectivity index is 1.78. The van der Waals surface area contributed by atoms with Crippen LogP contribution in [0.25, 0.3) is 5.70 Å². The number of alkyl halides is 2. The molecular weight excluding hydrogens is 394 g/mol. The number of rotatable bonds is 2. The topological polar surface area (TPSA) is 63.4 Å². The smallest absolute Gasteiger partial charge is 0.249 e. The van der Waals surface area contributed by atoms with Gasteiger partial charge in [-0.2, -0.15) is 0 Å². The first-order chi connectivity index (χ1) is 14.0. The molecule has 0 radical (unpaired) electrons. The average Bonchev–Trinajstić information content (AvgIpc) is 3.17. The lowest BCUT2D eigenvalue weighted by molar-refractivity contribution is -0.0144. The third-order valence-corrected chi connectivity index (χ3v) is 5.80. The lowest BCUT2D eigenvalue weighted by atomic mass is 10.1. The van der Waals surface area contributed by atoms with Crippen LogP contribution in [0.1, 0.15) is 30.5 Å². The van der Waals surface area contributed by atoms with Gasteiger partial charge in [-0.15, -0.1) is 0 Å². The molecule has 0 saturated heterocycles. The molecular formula is C21H24F2N4OS. The number of anilines is 2. The van der Waals surface area contributed by atoms with Crippen molar-refractivity contribution in [3.63, 3.8) is 0 Å². The van der Waals surface area contributed by atoms with E-state index in [9.17, 15) is 8.78 Å². The molecule has 2 aliphatic heterocycles. The third kappa shape index (κ3) is 4.33. The molecule has 0 spiro atoms. The molecule has 0 saturated carbocycles. The van der Waals surface area contributed by atoms with Crippen LogP contribution >= 0.6 is 11.9 Å². The Morgan fingerprint density at radius 3 is 2.97 bits per heavy atom. The fraction of sp³-hybridized carbons (Fsp3) is 0.381. The minimum atomic E-state index is -2.74. The highest BCUT2D eigenvalue weighted by Crippen LogP contribution is 2.37. The molecule has 0 bridgehead atoms. The SMILES string of the molecule is C=C1c2cc3c(nc2NCCCC(F)(F)CCN1c1cccc(SN)c1)CCO3. The van der Waals surface area contributed by atoms with Crippen LogP contribution in [0.5, 0.6) is 5.75 Å². The Labute approximate surface area is 173 Å². The van der Waals surface area contributed by atoms with Gasteiger partial charge in [-0.3, -0.25) is 5.14 Å². The molecule has 4 rings (SSSR count). The van der Waals surface area contributed by atoms with Gasteiger partial charge in [0.2, 0.25) is 5.92 Å². The van der Waals surface area contributed by atoms with Gasteiger partial charge in [0.15, 0.2) is 0 Å². The van der Waals surface area contributed by atoms with E-state index in [2.05, 4.69) is 11.9 Å². The molecule has 2 aromatic rings. The van der Waals surface area contributed by atoms with Crippen molar-refractivity contribution < 1.29 is 13.5 Å². The zero-order valence-corrected chi connectivity index (χ0v) is 16.9. The summed E-state index contributed by atoms with van der Waals surface area (Å²) in [5.74, 6) is -1.34. The largest absolute Gasteiger partial charge is 0.491 e. The summed E-state index contributed by atoms with van der Waals surface area (Å²) >= 11 is 1.12. The molecule has 0 fully saturated rings. The van der Waals surface area contributed by atoms with Gasteiger partial charge in [-0.25, -0.2) is 13.8 Å². The van der Waals surface area contributed by atoms with Gasteiger partial charge < -0.3 is 15.0 Å². The van der Waals surface area contributed by atoms with Crippen molar-refractivity contribution in [2.75, 3.05) is 29.9 Å².